The summed E-state index contributed by atoms with van der Waals surface area (Å²) in [4.78, 5) is 17.1. The maximum atomic E-state index is 12.8. The molecule has 1 N–H and O–H groups in total. The topological polar surface area (TPSA) is 79.4 Å². The van der Waals surface area contributed by atoms with Crippen LogP contribution >= 0.6 is 34.5 Å². The number of thiazole rings is 1. The maximum Gasteiger partial charge on any atom is 0.257 e. The molecule has 2 aromatic carbocycles. The number of nitrogens with one attached hydrogen (secondary N) is 1. The van der Waals surface area contributed by atoms with E-state index < -0.39 is 15.9 Å². The fraction of sp³-hybridized carbons (Fsp3) is 0.300. The van der Waals surface area contributed by atoms with Crippen LogP contribution in [0.1, 0.15) is 36.0 Å². The highest BCUT2D eigenvalue weighted by molar-refractivity contribution is 7.89. The highest BCUT2D eigenvalue weighted by Gasteiger charge is 2.30. The molecule has 0 saturated heterocycles. The van der Waals surface area contributed by atoms with Crippen molar-refractivity contribution in [2.24, 2.45) is 0 Å². The second-order valence-corrected chi connectivity index (χ2v) is 11.0. The van der Waals surface area contributed by atoms with Gasteiger partial charge in [-0.3, -0.25) is 10.1 Å². The van der Waals surface area contributed by atoms with Crippen LogP contribution in [0.3, 0.4) is 0 Å². The number of amides is 1. The van der Waals surface area contributed by atoms with Crippen molar-refractivity contribution >= 4 is 65.8 Å². The Morgan fingerprint density at radius 1 is 1.10 bits per heavy atom. The molecular weight excluding hydrogens is 465 g/mol. The zero-order valence-corrected chi connectivity index (χ0v) is 19.2. The first-order chi connectivity index (χ1) is 14.3. The minimum Gasteiger partial charge on any atom is -0.298 e. The Hall–Kier alpha value is -1.71. The molecule has 1 aliphatic carbocycles. The molecule has 10 heteroatoms. The van der Waals surface area contributed by atoms with E-state index in [4.69, 9.17) is 23.2 Å². The molecule has 158 valence electrons. The van der Waals surface area contributed by atoms with Gasteiger partial charge in [0, 0.05) is 18.7 Å². The minimum absolute atomic E-state index is 0.0376. The SMILES string of the molecule is CN(C1CCCC1)S(=O)(=O)c1ccc(C(=O)Nc2nc3c(Cl)ccc(Cl)c3s2)cc1. The summed E-state index contributed by atoms with van der Waals surface area (Å²) in [7, 11) is -1.97. The second-order valence-electron chi connectivity index (χ2n) is 7.16. The normalized spacial score (nSPS) is 15.2. The molecule has 6 nitrogen and oxygen atoms in total. The third-order valence-corrected chi connectivity index (χ3v) is 8.96. The van der Waals surface area contributed by atoms with Gasteiger partial charge in [-0.15, -0.1) is 0 Å². The van der Waals surface area contributed by atoms with Gasteiger partial charge in [-0.2, -0.15) is 4.31 Å². The number of fused-ring (bicyclic) bond motifs is 1. The third kappa shape index (κ3) is 4.07. The minimum atomic E-state index is -3.59. The van der Waals surface area contributed by atoms with Crippen LogP contribution in [-0.2, 0) is 10.0 Å². The van der Waals surface area contributed by atoms with E-state index in [0.29, 0.717) is 31.0 Å². The van der Waals surface area contributed by atoms with Crippen LogP contribution < -0.4 is 5.32 Å². The van der Waals surface area contributed by atoms with Crippen LogP contribution in [0, 0.1) is 0 Å². The van der Waals surface area contributed by atoms with Crippen molar-refractivity contribution in [3.05, 3.63) is 52.0 Å². The first-order valence-electron chi connectivity index (χ1n) is 9.41. The summed E-state index contributed by atoms with van der Waals surface area (Å²) >= 11 is 13.5. The van der Waals surface area contributed by atoms with Crippen LogP contribution in [0.2, 0.25) is 10.0 Å². The number of nitrogens with zero attached hydrogens (tertiary/aromatic N) is 2. The summed E-state index contributed by atoms with van der Waals surface area (Å²) in [5.41, 5.74) is 0.856. The number of sulfonamides is 1. The summed E-state index contributed by atoms with van der Waals surface area (Å²) in [6.07, 6.45) is 3.86. The number of benzene rings is 2. The fourth-order valence-corrected chi connectivity index (χ4v) is 6.41. The van der Waals surface area contributed by atoms with E-state index in [2.05, 4.69) is 10.3 Å². The van der Waals surface area contributed by atoms with E-state index in [-0.39, 0.29) is 10.9 Å². The van der Waals surface area contributed by atoms with Crippen LogP contribution in [0.4, 0.5) is 5.13 Å². The molecule has 0 bridgehead atoms. The molecule has 0 spiro atoms. The molecule has 1 fully saturated rings. The van der Waals surface area contributed by atoms with Crippen LogP contribution in [0.25, 0.3) is 10.2 Å². The summed E-state index contributed by atoms with van der Waals surface area (Å²) < 4.78 is 27.8. The molecule has 30 heavy (non-hydrogen) atoms. The average Bonchev–Trinajstić information content (AvgIpc) is 3.41. The number of anilines is 1. The molecule has 4 rings (SSSR count). The molecule has 0 aliphatic heterocycles. The largest absolute Gasteiger partial charge is 0.298 e. The standard InChI is InChI=1S/C20H19Cl2N3O3S2/c1-25(13-4-2-3-5-13)30(27,28)14-8-6-12(7-9-14)19(26)24-20-23-17-15(21)10-11-16(22)18(17)29-20/h6-11,13H,2-5H2,1H3,(H,23,24,26). The van der Waals surface area contributed by atoms with E-state index in [1.807, 2.05) is 0 Å². The van der Waals surface area contributed by atoms with E-state index in [1.165, 1.54) is 39.9 Å². The lowest BCUT2D eigenvalue weighted by atomic mass is 10.2. The van der Waals surface area contributed by atoms with Crippen LogP contribution in [-0.4, -0.2) is 36.7 Å². The van der Waals surface area contributed by atoms with Crippen LogP contribution in [0.5, 0.6) is 0 Å². The number of carbonyl (C=O) groups excluding carboxylic acids is 1. The Balaban J connectivity index is 1.52. The van der Waals surface area contributed by atoms with Crippen molar-refractivity contribution in [2.75, 3.05) is 12.4 Å². The molecule has 0 unspecified atom stereocenters. The number of aromatic nitrogens is 1. The second kappa shape index (κ2) is 8.43. The lowest BCUT2D eigenvalue weighted by Gasteiger charge is -2.23. The van der Waals surface area contributed by atoms with E-state index >= 15 is 0 Å². The molecule has 1 aromatic heterocycles. The Labute approximate surface area is 188 Å². The van der Waals surface area contributed by atoms with Gasteiger partial charge in [0.05, 0.1) is 19.6 Å². The lowest BCUT2D eigenvalue weighted by Crippen LogP contribution is -2.35. The summed E-state index contributed by atoms with van der Waals surface area (Å²) in [5, 5.41) is 4.04. The van der Waals surface area contributed by atoms with Gasteiger partial charge in [0.1, 0.15) is 5.52 Å². The molecule has 3 aromatic rings. The Morgan fingerprint density at radius 3 is 2.37 bits per heavy atom. The van der Waals surface area contributed by atoms with Gasteiger partial charge in [-0.1, -0.05) is 47.4 Å². The summed E-state index contributed by atoms with van der Waals surface area (Å²) in [6, 6.07) is 9.28. The number of hydrogen-bond acceptors (Lipinski definition) is 5. The molecule has 1 saturated carbocycles. The summed E-state index contributed by atoms with van der Waals surface area (Å²) in [5.74, 6) is -0.394. The zero-order chi connectivity index (χ0) is 21.5. The van der Waals surface area contributed by atoms with Crippen molar-refractivity contribution in [3.8, 4) is 0 Å². The molecular formula is C20H19Cl2N3O3S2. The molecule has 0 atom stereocenters. The van der Waals surface area contributed by atoms with Crippen LogP contribution in [0.15, 0.2) is 41.3 Å². The molecule has 1 heterocycles. The van der Waals surface area contributed by atoms with Crippen molar-refractivity contribution in [3.63, 3.8) is 0 Å². The molecule has 1 aliphatic rings. The summed E-state index contributed by atoms with van der Waals surface area (Å²) in [6.45, 7) is 0. The van der Waals surface area contributed by atoms with Gasteiger partial charge in [0.2, 0.25) is 10.0 Å². The van der Waals surface area contributed by atoms with Gasteiger partial charge in [0.15, 0.2) is 5.13 Å². The zero-order valence-electron chi connectivity index (χ0n) is 16.1. The number of rotatable bonds is 5. The number of carbonyl (C=O) groups is 1. The van der Waals surface area contributed by atoms with E-state index in [0.717, 1.165) is 25.7 Å². The van der Waals surface area contributed by atoms with Crippen molar-refractivity contribution in [2.45, 2.75) is 36.6 Å². The van der Waals surface area contributed by atoms with Crippen molar-refractivity contribution in [1.82, 2.24) is 9.29 Å². The Morgan fingerprint density at radius 2 is 1.73 bits per heavy atom. The predicted octanol–water partition coefficient (Wildman–Crippen LogP) is 5.42. The first kappa shape index (κ1) is 21.5. The van der Waals surface area contributed by atoms with Gasteiger partial charge in [0.25, 0.3) is 5.91 Å². The third-order valence-electron chi connectivity index (χ3n) is 5.30. The molecule has 0 radical (unpaired) electrons. The quantitative estimate of drug-likeness (QED) is 0.525. The smallest absolute Gasteiger partial charge is 0.257 e. The van der Waals surface area contributed by atoms with Crippen molar-refractivity contribution in [1.29, 1.82) is 0 Å². The fourth-order valence-electron chi connectivity index (χ4n) is 3.58. The Kier molecular flexibility index (Phi) is 6.05. The Bertz CT molecular complexity index is 1170. The van der Waals surface area contributed by atoms with Gasteiger partial charge < -0.3 is 0 Å². The predicted molar refractivity (Wildman–Crippen MR) is 121 cm³/mol. The number of hydrogen-bond donors (Lipinski definition) is 1. The van der Waals surface area contributed by atoms with Gasteiger partial charge in [-0.05, 0) is 49.2 Å². The monoisotopic (exact) mass is 483 g/mol. The van der Waals surface area contributed by atoms with Gasteiger partial charge >= 0.3 is 0 Å². The van der Waals surface area contributed by atoms with Crippen molar-refractivity contribution < 1.29 is 13.2 Å². The highest BCUT2D eigenvalue weighted by atomic mass is 35.5. The first-order valence-corrected chi connectivity index (χ1v) is 12.4. The van der Waals surface area contributed by atoms with E-state index in [1.54, 1.807) is 19.2 Å². The number of halogens is 2. The molecule has 1 amide bonds. The average molecular weight is 484 g/mol. The van der Waals surface area contributed by atoms with Gasteiger partial charge in [-0.25, -0.2) is 13.4 Å². The highest BCUT2D eigenvalue weighted by Crippen LogP contribution is 2.36. The maximum absolute atomic E-state index is 12.8. The van der Waals surface area contributed by atoms with E-state index in [9.17, 15) is 13.2 Å². The lowest BCUT2D eigenvalue weighted by molar-refractivity contribution is 0.102.